The van der Waals surface area contributed by atoms with Crippen LogP contribution in [0.4, 0.5) is 10.5 Å². The number of nitrogens with zero attached hydrogens (tertiary/aromatic N) is 2. The summed E-state index contributed by atoms with van der Waals surface area (Å²) in [7, 11) is 1.99. The van der Waals surface area contributed by atoms with Crippen LogP contribution in [0.1, 0.15) is 41.1 Å². The number of carbonyl (C=O) groups is 1. The summed E-state index contributed by atoms with van der Waals surface area (Å²) in [6.45, 7) is 0.347. The molecule has 2 amide bonds. The Kier molecular flexibility index (Phi) is 11.3. The number of urea groups is 1. The van der Waals surface area contributed by atoms with E-state index >= 15 is 0 Å². The number of nitrogens with one attached hydrogen (secondary N) is 2. The van der Waals surface area contributed by atoms with Gasteiger partial charge in [-0.25, -0.2) is 9.78 Å². The first-order chi connectivity index (χ1) is 25.5. The Morgan fingerprint density at radius 2 is 1.58 bits per heavy atom. The zero-order chi connectivity index (χ0) is 35.7. The summed E-state index contributed by atoms with van der Waals surface area (Å²) in [6.07, 6.45) is 3.64. The molecule has 0 radical (unpaired) electrons. The average Bonchev–Trinajstić information content (AvgIpc) is 3.61. The van der Waals surface area contributed by atoms with Crippen LogP contribution in [0.3, 0.4) is 0 Å². The molecule has 1 aliphatic heterocycles. The van der Waals surface area contributed by atoms with Gasteiger partial charge in [-0.05, 0) is 64.2 Å². The van der Waals surface area contributed by atoms with Crippen molar-refractivity contribution in [2.75, 3.05) is 11.1 Å². The van der Waals surface area contributed by atoms with Gasteiger partial charge in [0.2, 0.25) is 0 Å². The molecule has 264 valence electrons. The van der Waals surface area contributed by atoms with E-state index in [-0.39, 0.29) is 24.8 Å². The molecule has 1 aliphatic rings. The molecule has 0 saturated carbocycles. The van der Waals surface area contributed by atoms with Crippen LogP contribution in [-0.4, -0.2) is 32.5 Å². The van der Waals surface area contributed by atoms with Crippen molar-refractivity contribution < 1.29 is 24.1 Å². The quantitative estimate of drug-likeness (QED) is 0.109. The molecule has 52 heavy (non-hydrogen) atoms. The van der Waals surface area contributed by atoms with Crippen LogP contribution in [0.25, 0.3) is 11.1 Å². The summed E-state index contributed by atoms with van der Waals surface area (Å²) in [5.74, 6) is 2.17. The normalized spacial score (nSPS) is 17.0. The van der Waals surface area contributed by atoms with Gasteiger partial charge < -0.3 is 34.5 Å². The second-order valence-corrected chi connectivity index (χ2v) is 13.5. The maximum absolute atomic E-state index is 12.8. The number of ether oxygens (including phenoxy) is 3. The molecule has 10 heteroatoms. The van der Waals surface area contributed by atoms with Crippen LogP contribution in [0.15, 0.2) is 145 Å². The van der Waals surface area contributed by atoms with Gasteiger partial charge in [0.1, 0.15) is 11.5 Å². The van der Waals surface area contributed by atoms with E-state index in [0.29, 0.717) is 24.4 Å². The first kappa shape index (κ1) is 35.0. The first-order valence-electron chi connectivity index (χ1n) is 17.2. The van der Waals surface area contributed by atoms with E-state index in [4.69, 9.17) is 14.2 Å². The van der Waals surface area contributed by atoms with Crippen molar-refractivity contribution in [1.82, 2.24) is 14.9 Å². The largest absolute Gasteiger partial charge is 0.457 e. The predicted octanol–water partition coefficient (Wildman–Crippen LogP) is 9.03. The highest BCUT2D eigenvalue weighted by atomic mass is 32.2. The number of aliphatic hydroxyl groups excluding tert-OH is 1. The second kappa shape index (κ2) is 16.8. The Balaban J connectivity index is 0.999. The molecule has 2 heterocycles. The van der Waals surface area contributed by atoms with Gasteiger partial charge in [-0.15, -0.1) is 0 Å². The molecule has 1 fully saturated rings. The van der Waals surface area contributed by atoms with Crippen LogP contribution in [0.2, 0.25) is 0 Å². The minimum Gasteiger partial charge on any atom is -0.457 e. The maximum atomic E-state index is 12.8. The van der Waals surface area contributed by atoms with Gasteiger partial charge in [-0.1, -0.05) is 103 Å². The van der Waals surface area contributed by atoms with Crippen molar-refractivity contribution in [2.24, 2.45) is 7.05 Å². The zero-order valence-corrected chi connectivity index (χ0v) is 29.5. The van der Waals surface area contributed by atoms with Crippen molar-refractivity contribution in [3.63, 3.8) is 0 Å². The Morgan fingerprint density at radius 3 is 2.31 bits per heavy atom. The maximum Gasteiger partial charge on any atom is 0.319 e. The van der Waals surface area contributed by atoms with E-state index in [2.05, 4.69) is 33.8 Å². The van der Waals surface area contributed by atoms with Gasteiger partial charge in [0.25, 0.3) is 0 Å². The molecule has 3 N–H and O–H groups in total. The summed E-state index contributed by atoms with van der Waals surface area (Å²) in [4.78, 5) is 17.3. The number of imidazole rings is 1. The minimum absolute atomic E-state index is 0.000308. The number of benzene rings is 5. The standard InChI is InChI=1S/C42H40N4O5S/c1-46-24-23-43-42(46)52-28-37-25-39(31-13-11-29(27-47)12-14-31)51-40(50-37)32-17-15-30(16-18-32)38-10-6-5-7-33(38)26-44-41(48)45-34-19-21-36(22-20-34)49-35-8-3-2-4-9-35/h2-24,37,39-40,47H,25-28H2,1H3,(H2,44,45,48)/t37-,39+,40+/m0/s1. The number of aliphatic hydroxyl groups is 1. The molecule has 9 nitrogen and oxygen atoms in total. The molecule has 7 rings (SSSR count). The number of aromatic nitrogens is 2. The zero-order valence-electron chi connectivity index (χ0n) is 28.7. The topological polar surface area (TPSA) is 107 Å². The highest BCUT2D eigenvalue weighted by molar-refractivity contribution is 7.99. The van der Waals surface area contributed by atoms with Gasteiger partial charge in [-0.2, -0.15) is 0 Å². The third kappa shape index (κ3) is 8.90. The highest BCUT2D eigenvalue weighted by Crippen LogP contribution is 2.40. The van der Waals surface area contributed by atoms with E-state index in [1.165, 1.54) is 0 Å². The summed E-state index contributed by atoms with van der Waals surface area (Å²) >= 11 is 1.67. The number of rotatable bonds is 12. The first-order valence-corrected chi connectivity index (χ1v) is 18.2. The van der Waals surface area contributed by atoms with Crippen molar-refractivity contribution in [3.05, 3.63) is 162 Å². The lowest BCUT2D eigenvalue weighted by atomic mass is 9.98. The Labute approximate surface area is 307 Å². The fraction of sp³-hybridized carbons (Fsp3) is 0.190. The molecule has 1 aromatic heterocycles. The van der Waals surface area contributed by atoms with Crippen molar-refractivity contribution in [1.29, 1.82) is 0 Å². The van der Waals surface area contributed by atoms with Gasteiger partial charge in [0, 0.05) is 49.4 Å². The number of aryl methyl sites for hydroxylation is 1. The van der Waals surface area contributed by atoms with E-state index in [9.17, 15) is 9.90 Å². The third-order valence-electron chi connectivity index (χ3n) is 8.83. The molecule has 0 bridgehead atoms. The smallest absolute Gasteiger partial charge is 0.319 e. The van der Waals surface area contributed by atoms with Crippen molar-refractivity contribution in [3.8, 4) is 22.6 Å². The minimum atomic E-state index is -0.558. The monoisotopic (exact) mass is 712 g/mol. The van der Waals surface area contributed by atoms with Crippen molar-refractivity contribution >= 4 is 23.5 Å². The molecule has 0 unspecified atom stereocenters. The summed E-state index contributed by atoms with van der Waals surface area (Å²) in [5, 5.41) is 16.4. The molecular formula is C42H40N4O5S. The van der Waals surface area contributed by atoms with Crippen molar-refractivity contribution in [2.45, 2.75) is 43.2 Å². The molecule has 3 atom stereocenters. The summed E-state index contributed by atoms with van der Waals surface area (Å²) < 4.78 is 21.0. The van der Waals surface area contributed by atoms with Crippen LogP contribution in [0.5, 0.6) is 11.5 Å². The molecule has 0 aliphatic carbocycles. The Hall–Kier alpha value is -5.39. The molecule has 5 aromatic carbocycles. The number of thioether (sulfide) groups is 1. The number of hydrogen-bond acceptors (Lipinski definition) is 7. The van der Waals surface area contributed by atoms with Crippen LogP contribution in [0, 0.1) is 0 Å². The summed E-state index contributed by atoms with van der Waals surface area (Å²) in [6, 6.07) is 40.7. The third-order valence-corrected chi connectivity index (χ3v) is 10.0. The van der Waals surface area contributed by atoms with Crippen LogP contribution < -0.4 is 15.4 Å². The van der Waals surface area contributed by atoms with E-state index in [1.807, 2.05) is 127 Å². The Morgan fingerprint density at radius 1 is 0.865 bits per heavy atom. The lowest BCUT2D eigenvalue weighted by molar-refractivity contribution is -0.245. The van der Waals surface area contributed by atoms with Crippen LogP contribution in [-0.2, 0) is 29.7 Å². The fourth-order valence-electron chi connectivity index (χ4n) is 6.04. The Bertz CT molecular complexity index is 2050. The van der Waals surface area contributed by atoms with E-state index < -0.39 is 6.29 Å². The second-order valence-electron chi connectivity index (χ2n) is 12.5. The van der Waals surface area contributed by atoms with Gasteiger partial charge in [0.05, 0.1) is 18.8 Å². The number of amides is 2. The predicted molar refractivity (Wildman–Crippen MR) is 203 cm³/mol. The molecule has 1 saturated heterocycles. The fourth-order valence-corrected chi connectivity index (χ4v) is 6.99. The van der Waals surface area contributed by atoms with Gasteiger partial charge in [-0.3, -0.25) is 0 Å². The highest BCUT2D eigenvalue weighted by Gasteiger charge is 2.32. The number of carbonyl (C=O) groups excluding carboxylic acids is 1. The van der Waals surface area contributed by atoms with E-state index in [1.54, 1.807) is 18.0 Å². The molecule has 6 aromatic rings. The van der Waals surface area contributed by atoms with E-state index in [0.717, 1.165) is 50.0 Å². The SMILES string of the molecule is Cn1ccnc1SC[C@@H]1C[C@H](c2ccc(CO)cc2)O[C@H](c2ccc(-c3ccccc3CNC(=O)Nc3ccc(Oc4ccccc4)cc3)cc2)O1. The lowest BCUT2D eigenvalue weighted by Gasteiger charge is -2.36. The van der Waals surface area contributed by atoms with Gasteiger partial charge in [0.15, 0.2) is 11.4 Å². The number of para-hydroxylation sites is 1. The van der Waals surface area contributed by atoms with Gasteiger partial charge >= 0.3 is 6.03 Å². The lowest BCUT2D eigenvalue weighted by Crippen LogP contribution is -2.31. The average molecular weight is 713 g/mol. The number of anilines is 1. The number of hydrogen-bond donors (Lipinski definition) is 3. The molecule has 0 spiro atoms. The van der Waals surface area contributed by atoms with Crippen LogP contribution >= 0.6 is 11.8 Å². The summed E-state index contributed by atoms with van der Waals surface area (Å²) in [5.41, 5.74) is 6.52. The molecular weight excluding hydrogens is 673 g/mol.